The third kappa shape index (κ3) is 2.28. The molecule has 2 aromatic rings. The van der Waals surface area contributed by atoms with Crippen molar-refractivity contribution in [2.45, 2.75) is 13.3 Å². The highest BCUT2D eigenvalue weighted by atomic mass is 32.1. The van der Waals surface area contributed by atoms with Crippen LogP contribution in [0, 0.1) is 12.7 Å². The molecule has 0 fully saturated rings. The summed E-state index contributed by atoms with van der Waals surface area (Å²) >= 11 is 1.51. The molecule has 0 aliphatic heterocycles. The van der Waals surface area contributed by atoms with E-state index in [0.29, 0.717) is 6.42 Å². The zero-order valence-corrected chi connectivity index (χ0v) is 9.72. The molecule has 0 atom stereocenters. The summed E-state index contributed by atoms with van der Waals surface area (Å²) in [7, 11) is 0. The van der Waals surface area contributed by atoms with E-state index in [2.05, 4.69) is 4.98 Å². The number of aliphatic hydroxyl groups excluding tert-OH is 1. The Balaban J connectivity index is 2.40. The number of aryl methyl sites for hydroxylation is 1. The molecule has 1 aromatic heterocycles. The van der Waals surface area contributed by atoms with Crippen LogP contribution in [0.1, 0.15) is 10.7 Å². The molecule has 4 heteroatoms. The van der Waals surface area contributed by atoms with Crippen molar-refractivity contribution in [2.75, 3.05) is 6.61 Å². The molecule has 1 heterocycles. The van der Waals surface area contributed by atoms with Crippen LogP contribution in [0.15, 0.2) is 24.3 Å². The molecule has 84 valence electrons. The zero-order chi connectivity index (χ0) is 11.5. The predicted octanol–water partition coefficient (Wildman–Crippen LogP) is 2.79. The van der Waals surface area contributed by atoms with Crippen LogP contribution >= 0.6 is 11.3 Å². The molecular weight excluding hydrogens is 225 g/mol. The van der Waals surface area contributed by atoms with Gasteiger partial charge in [-0.1, -0.05) is 12.1 Å². The molecule has 0 saturated carbocycles. The first-order valence-corrected chi connectivity index (χ1v) is 5.85. The summed E-state index contributed by atoms with van der Waals surface area (Å²) in [6.45, 7) is 1.99. The summed E-state index contributed by atoms with van der Waals surface area (Å²) < 4.78 is 13.1. The van der Waals surface area contributed by atoms with Gasteiger partial charge in [0.2, 0.25) is 0 Å². The van der Waals surface area contributed by atoms with Crippen molar-refractivity contribution in [3.05, 3.63) is 40.8 Å². The smallest absolute Gasteiger partial charge is 0.123 e. The van der Waals surface area contributed by atoms with Gasteiger partial charge in [0.15, 0.2) is 0 Å². The second-order valence-electron chi connectivity index (χ2n) is 3.51. The first kappa shape index (κ1) is 11.2. The van der Waals surface area contributed by atoms with Crippen LogP contribution in [-0.2, 0) is 6.42 Å². The van der Waals surface area contributed by atoms with E-state index < -0.39 is 0 Å². The Hall–Kier alpha value is -1.26. The van der Waals surface area contributed by atoms with E-state index in [-0.39, 0.29) is 12.4 Å². The van der Waals surface area contributed by atoms with Gasteiger partial charge in [0.25, 0.3) is 0 Å². The summed E-state index contributed by atoms with van der Waals surface area (Å²) in [5, 5.41) is 9.73. The Kier molecular flexibility index (Phi) is 3.31. The largest absolute Gasteiger partial charge is 0.396 e. The molecule has 0 radical (unpaired) electrons. The fraction of sp³-hybridized carbons (Fsp3) is 0.250. The van der Waals surface area contributed by atoms with Gasteiger partial charge < -0.3 is 5.11 Å². The number of rotatable bonds is 3. The summed E-state index contributed by atoms with van der Waals surface area (Å²) in [6.07, 6.45) is 0.556. The first-order valence-electron chi connectivity index (χ1n) is 5.04. The van der Waals surface area contributed by atoms with E-state index in [1.54, 1.807) is 6.07 Å². The summed E-state index contributed by atoms with van der Waals surface area (Å²) in [6, 6.07) is 6.49. The van der Waals surface area contributed by atoms with Gasteiger partial charge in [-0.05, 0) is 24.6 Å². The molecule has 2 nitrogen and oxygen atoms in total. The molecule has 0 spiro atoms. The Morgan fingerprint density at radius 3 is 2.94 bits per heavy atom. The maximum absolute atomic E-state index is 13.1. The fourth-order valence-corrected chi connectivity index (χ4v) is 2.60. The van der Waals surface area contributed by atoms with Gasteiger partial charge in [0.05, 0.1) is 15.6 Å². The highest BCUT2D eigenvalue weighted by Gasteiger charge is 2.09. The van der Waals surface area contributed by atoms with Crippen molar-refractivity contribution >= 4 is 11.3 Å². The maximum Gasteiger partial charge on any atom is 0.123 e. The highest BCUT2D eigenvalue weighted by molar-refractivity contribution is 7.15. The lowest BCUT2D eigenvalue weighted by molar-refractivity contribution is 0.299. The van der Waals surface area contributed by atoms with Crippen LogP contribution in [0.5, 0.6) is 0 Å². The van der Waals surface area contributed by atoms with E-state index in [1.807, 2.05) is 13.0 Å². The lowest BCUT2D eigenvalue weighted by Crippen LogP contribution is -1.88. The summed E-state index contributed by atoms with van der Waals surface area (Å²) in [4.78, 5) is 5.32. The fourth-order valence-electron chi connectivity index (χ4n) is 1.55. The molecule has 16 heavy (non-hydrogen) atoms. The zero-order valence-electron chi connectivity index (χ0n) is 8.90. The van der Waals surface area contributed by atoms with Gasteiger partial charge in [-0.3, -0.25) is 0 Å². The van der Waals surface area contributed by atoms with E-state index in [0.717, 1.165) is 21.1 Å². The SMILES string of the molecule is Cc1nc(CCO)sc1-c1cccc(F)c1. The average molecular weight is 237 g/mol. The Bertz CT molecular complexity index is 496. The van der Waals surface area contributed by atoms with E-state index in [4.69, 9.17) is 5.11 Å². The number of thiazole rings is 1. The van der Waals surface area contributed by atoms with Gasteiger partial charge in [-0.2, -0.15) is 0 Å². The molecule has 1 N–H and O–H groups in total. The normalized spacial score (nSPS) is 10.7. The van der Waals surface area contributed by atoms with Crippen LogP contribution < -0.4 is 0 Å². The van der Waals surface area contributed by atoms with Crippen molar-refractivity contribution < 1.29 is 9.50 Å². The van der Waals surface area contributed by atoms with Gasteiger partial charge in [-0.25, -0.2) is 9.37 Å². The van der Waals surface area contributed by atoms with Crippen molar-refractivity contribution in [1.82, 2.24) is 4.98 Å². The van der Waals surface area contributed by atoms with Gasteiger partial charge in [-0.15, -0.1) is 11.3 Å². The summed E-state index contributed by atoms with van der Waals surface area (Å²) in [5.74, 6) is -0.242. The van der Waals surface area contributed by atoms with Crippen molar-refractivity contribution in [1.29, 1.82) is 0 Å². The summed E-state index contributed by atoms with van der Waals surface area (Å²) in [5.41, 5.74) is 1.73. The maximum atomic E-state index is 13.1. The van der Waals surface area contributed by atoms with Crippen molar-refractivity contribution in [3.63, 3.8) is 0 Å². The number of nitrogens with zero attached hydrogens (tertiary/aromatic N) is 1. The second-order valence-corrected chi connectivity index (χ2v) is 4.59. The monoisotopic (exact) mass is 237 g/mol. The average Bonchev–Trinajstić information content (AvgIpc) is 2.60. The minimum absolute atomic E-state index is 0.0928. The lowest BCUT2D eigenvalue weighted by Gasteiger charge is -1.97. The number of aromatic nitrogens is 1. The number of hydrogen-bond acceptors (Lipinski definition) is 3. The van der Waals surface area contributed by atoms with Gasteiger partial charge >= 0.3 is 0 Å². The quantitative estimate of drug-likeness (QED) is 0.890. The molecule has 0 unspecified atom stereocenters. The molecule has 0 saturated heterocycles. The number of aliphatic hydroxyl groups is 1. The van der Waals surface area contributed by atoms with Crippen LogP contribution in [0.2, 0.25) is 0 Å². The Morgan fingerprint density at radius 1 is 1.44 bits per heavy atom. The standard InChI is InChI=1S/C12H12FNOS/c1-8-12(16-11(14-8)5-6-15)9-3-2-4-10(13)7-9/h2-4,7,15H,5-6H2,1H3. The van der Waals surface area contributed by atoms with E-state index >= 15 is 0 Å². The first-order chi connectivity index (χ1) is 7.70. The predicted molar refractivity (Wildman–Crippen MR) is 63.0 cm³/mol. The second kappa shape index (κ2) is 4.72. The molecule has 0 bridgehead atoms. The Morgan fingerprint density at radius 2 is 2.25 bits per heavy atom. The van der Waals surface area contributed by atoms with E-state index in [1.165, 1.54) is 23.5 Å². The topological polar surface area (TPSA) is 33.1 Å². The number of hydrogen-bond donors (Lipinski definition) is 1. The molecule has 1 aromatic carbocycles. The lowest BCUT2D eigenvalue weighted by atomic mass is 10.1. The van der Waals surface area contributed by atoms with Gasteiger partial charge in [0, 0.05) is 13.0 Å². The molecular formula is C12H12FNOS. The number of halogens is 1. The van der Waals surface area contributed by atoms with Crippen molar-refractivity contribution in [2.24, 2.45) is 0 Å². The molecule has 0 aliphatic carbocycles. The minimum atomic E-state index is -0.242. The van der Waals surface area contributed by atoms with Crippen molar-refractivity contribution in [3.8, 4) is 10.4 Å². The molecule has 2 rings (SSSR count). The van der Waals surface area contributed by atoms with Gasteiger partial charge in [0.1, 0.15) is 5.82 Å². The minimum Gasteiger partial charge on any atom is -0.396 e. The third-order valence-electron chi connectivity index (χ3n) is 2.25. The Labute approximate surface area is 97.4 Å². The molecule has 0 amide bonds. The van der Waals surface area contributed by atoms with Crippen LogP contribution in [0.3, 0.4) is 0 Å². The highest BCUT2D eigenvalue weighted by Crippen LogP contribution is 2.30. The third-order valence-corrected chi connectivity index (χ3v) is 3.52. The van der Waals surface area contributed by atoms with E-state index in [9.17, 15) is 4.39 Å². The number of benzene rings is 1. The van der Waals surface area contributed by atoms with Crippen LogP contribution in [-0.4, -0.2) is 16.7 Å². The molecule has 0 aliphatic rings. The van der Waals surface area contributed by atoms with Crippen LogP contribution in [0.25, 0.3) is 10.4 Å². The van der Waals surface area contributed by atoms with Crippen LogP contribution in [0.4, 0.5) is 4.39 Å².